The Morgan fingerprint density at radius 2 is 1.59 bits per heavy atom. The van der Waals surface area contributed by atoms with Crippen molar-refractivity contribution < 1.29 is 9.18 Å². The quantitative estimate of drug-likeness (QED) is 0.593. The largest absolute Gasteiger partial charge is 0.292 e. The van der Waals surface area contributed by atoms with Gasteiger partial charge in [0.2, 0.25) is 0 Å². The molecule has 0 amide bonds. The molecule has 1 nitrogen and oxygen atoms in total. The molecule has 0 aromatic heterocycles. The monoisotopic (exact) mass is 248 g/mol. The van der Waals surface area contributed by atoms with Crippen LogP contribution in [0.4, 0.5) is 4.39 Å². The zero-order valence-electron chi connectivity index (χ0n) is 8.94. The number of alkyl halides is 1. The summed E-state index contributed by atoms with van der Waals surface area (Å²) in [6, 6.07) is 14.4. The van der Waals surface area contributed by atoms with Gasteiger partial charge >= 0.3 is 0 Å². The van der Waals surface area contributed by atoms with E-state index in [1.54, 1.807) is 24.3 Å². The van der Waals surface area contributed by atoms with Gasteiger partial charge in [-0.25, -0.2) is 4.39 Å². The Kier molecular flexibility index (Phi) is 3.55. The third-order valence-corrected chi connectivity index (χ3v) is 2.90. The Labute approximate surface area is 104 Å². The van der Waals surface area contributed by atoms with E-state index in [0.717, 1.165) is 0 Å². The first-order valence-corrected chi connectivity index (χ1v) is 5.61. The van der Waals surface area contributed by atoms with Crippen LogP contribution in [0, 0.1) is 5.82 Å². The fraction of sp³-hybridized carbons (Fsp3) is 0.0714. The van der Waals surface area contributed by atoms with Crippen LogP contribution in [0.1, 0.15) is 21.3 Å². The third kappa shape index (κ3) is 2.71. The van der Waals surface area contributed by atoms with E-state index in [1.807, 2.05) is 6.07 Å². The minimum absolute atomic E-state index is 0.182. The number of rotatable bonds is 3. The summed E-state index contributed by atoms with van der Waals surface area (Å²) in [5, 5.41) is -0.780. The number of hydrogen-bond donors (Lipinski definition) is 0. The van der Waals surface area contributed by atoms with Gasteiger partial charge < -0.3 is 0 Å². The van der Waals surface area contributed by atoms with E-state index in [0.29, 0.717) is 11.1 Å². The van der Waals surface area contributed by atoms with Crippen molar-refractivity contribution in [1.82, 2.24) is 0 Å². The molecule has 17 heavy (non-hydrogen) atoms. The van der Waals surface area contributed by atoms with Crippen LogP contribution in [-0.2, 0) is 0 Å². The van der Waals surface area contributed by atoms with Crippen LogP contribution < -0.4 is 0 Å². The molecule has 0 N–H and O–H groups in total. The fourth-order valence-electron chi connectivity index (χ4n) is 1.53. The average molecular weight is 249 g/mol. The van der Waals surface area contributed by atoms with E-state index in [1.165, 1.54) is 24.3 Å². The average Bonchev–Trinajstić information content (AvgIpc) is 2.39. The van der Waals surface area contributed by atoms with Crippen molar-refractivity contribution in [2.75, 3.05) is 0 Å². The maximum Gasteiger partial charge on any atom is 0.185 e. The first-order chi connectivity index (χ1) is 8.18. The second-order valence-corrected chi connectivity index (χ2v) is 4.08. The number of hydrogen-bond acceptors (Lipinski definition) is 1. The van der Waals surface area contributed by atoms with Crippen molar-refractivity contribution in [3.63, 3.8) is 0 Å². The third-order valence-electron chi connectivity index (χ3n) is 2.45. The molecule has 2 aromatic rings. The van der Waals surface area contributed by atoms with Crippen molar-refractivity contribution in [3.05, 3.63) is 71.5 Å². The van der Waals surface area contributed by atoms with Crippen LogP contribution in [0.15, 0.2) is 54.6 Å². The van der Waals surface area contributed by atoms with Crippen molar-refractivity contribution in [2.45, 2.75) is 5.38 Å². The van der Waals surface area contributed by atoms with E-state index in [9.17, 15) is 9.18 Å². The number of benzene rings is 2. The van der Waals surface area contributed by atoms with Crippen LogP contribution in [0.2, 0.25) is 0 Å². The SMILES string of the molecule is O=C(c1ccccc1)C(Cl)c1ccc(F)cc1. The van der Waals surface area contributed by atoms with Gasteiger partial charge in [-0.15, -0.1) is 11.6 Å². The maximum absolute atomic E-state index is 12.7. The van der Waals surface area contributed by atoms with Gasteiger partial charge in [0.15, 0.2) is 5.78 Å². The maximum atomic E-state index is 12.7. The highest BCUT2D eigenvalue weighted by atomic mass is 35.5. The second kappa shape index (κ2) is 5.11. The highest BCUT2D eigenvalue weighted by molar-refractivity contribution is 6.33. The lowest BCUT2D eigenvalue weighted by Crippen LogP contribution is -2.07. The number of Topliss-reactive ketones (excluding diaryl/α,β-unsaturated/α-hetero) is 1. The van der Waals surface area contributed by atoms with Gasteiger partial charge in [-0.3, -0.25) is 4.79 Å². The van der Waals surface area contributed by atoms with Crippen LogP contribution >= 0.6 is 11.6 Å². The molecule has 0 saturated carbocycles. The predicted molar refractivity (Wildman–Crippen MR) is 65.8 cm³/mol. The van der Waals surface area contributed by atoms with Crippen molar-refractivity contribution in [2.24, 2.45) is 0 Å². The highest BCUT2D eigenvalue weighted by Crippen LogP contribution is 2.25. The van der Waals surface area contributed by atoms with Gasteiger partial charge in [0.05, 0.1) is 0 Å². The zero-order valence-corrected chi connectivity index (χ0v) is 9.69. The van der Waals surface area contributed by atoms with E-state index >= 15 is 0 Å². The molecule has 0 heterocycles. The highest BCUT2D eigenvalue weighted by Gasteiger charge is 2.18. The zero-order chi connectivity index (χ0) is 12.3. The lowest BCUT2D eigenvalue weighted by atomic mass is 10.0. The molecule has 0 aliphatic carbocycles. The van der Waals surface area contributed by atoms with Crippen LogP contribution in [0.5, 0.6) is 0 Å². The van der Waals surface area contributed by atoms with Gasteiger partial charge in [-0.05, 0) is 17.7 Å². The summed E-state index contributed by atoms with van der Waals surface area (Å²) in [6.07, 6.45) is 0. The summed E-state index contributed by atoms with van der Waals surface area (Å²) in [6.45, 7) is 0. The molecule has 0 fully saturated rings. The molecule has 1 unspecified atom stereocenters. The number of ketones is 1. The van der Waals surface area contributed by atoms with Crippen LogP contribution in [0.25, 0.3) is 0 Å². The molecular weight excluding hydrogens is 239 g/mol. The first kappa shape index (κ1) is 11.8. The molecule has 3 heteroatoms. The number of carbonyl (C=O) groups excluding carboxylic acids is 1. The molecule has 0 bridgehead atoms. The van der Waals surface area contributed by atoms with E-state index in [4.69, 9.17) is 11.6 Å². The molecule has 86 valence electrons. The summed E-state index contributed by atoms with van der Waals surface area (Å²) in [4.78, 5) is 12.0. The summed E-state index contributed by atoms with van der Waals surface area (Å²) < 4.78 is 12.7. The smallest absolute Gasteiger partial charge is 0.185 e. The van der Waals surface area contributed by atoms with E-state index in [2.05, 4.69) is 0 Å². The topological polar surface area (TPSA) is 17.1 Å². The van der Waals surface area contributed by atoms with Gasteiger partial charge in [-0.2, -0.15) is 0 Å². The van der Waals surface area contributed by atoms with Crippen LogP contribution in [-0.4, -0.2) is 5.78 Å². The van der Waals surface area contributed by atoms with Crippen LogP contribution in [0.3, 0.4) is 0 Å². The first-order valence-electron chi connectivity index (χ1n) is 5.17. The Hall–Kier alpha value is -1.67. The molecule has 2 rings (SSSR count). The summed E-state index contributed by atoms with van der Waals surface area (Å²) in [5.41, 5.74) is 1.15. The Balaban J connectivity index is 2.23. The molecule has 2 aromatic carbocycles. The van der Waals surface area contributed by atoms with E-state index in [-0.39, 0.29) is 11.6 Å². The predicted octanol–water partition coefficient (Wildman–Crippen LogP) is 3.99. The van der Waals surface area contributed by atoms with Crippen molar-refractivity contribution in [3.8, 4) is 0 Å². The van der Waals surface area contributed by atoms with Crippen molar-refractivity contribution in [1.29, 1.82) is 0 Å². The lowest BCUT2D eigenvalue weighted by Gasteiger charge is -2.08. The van der Waals surface area contributed by atoms with Gasteiger partial charge in [0, 0.05) is 5.56 Å². The Morgan fingerprint density at radius 1 is 1.00 bits per heavy atom. The van der Waals surface area contributed by atoms with E-state index < -0.39 is 5.38 Å². The molecule has 1 atom stereocenters. The number of halogens is 2. The van der Waals surface area contributed by atoms with Crippen molar-refractivity contribution >= 4 is 17.4 Å². The number of carbonyl (C=O) groups is 1. The molecule has 0 aliphatic heterocycles. The minimum atomic E-state index is -0.780. The Bertz CT molecular complexity index is 508. The minimum Gasteiger partial charge on any atom is -0.292 e. The Morgan fingerprint density at radius 3 is 2.18 bits per heavy atom. The summed E-state index contributed by atoms with van der Waals surface area (Å²) >= 11 is 6.07. The lowest BCUT2D eigenvalue weighted by molar-refractivity contribution is 0.0987. The standard InChI is InChI=1S/C14H10ClFO/c15-13(10-6-8-12(16)9-7-10)14(17)11-4-2-1-3-5-11/h1-9,13H. The second-order valence-electron chi connectivity index (χ2n) is 3.64. The molecule has 0 aliphatic rings. The molecule has 0 saturated heterocycles. The van der Waals surface area contributed by atoms with Gasteiger partial charge in [0.25, 0.3) is 0 Å². The van der Waals surface area contributed by atoms with Gasteiger partial charge in [0.1, 0.15) is 11.2 Å². The molecule has 0 spiro atoms. The van der Waals surface area contributed by atoms with Gasteiger partial charge in [-0.1, -0.05) is 42.5 Å². The normalized spacial score (nSPS) is 12.1. The summed E-state index contributed by atoms with van der Waals surface area (Å²) in [7, 11) is 0. The summed E-state index contributed by atoms with van der Waals surface area (Å²) in [5.74, 6) is -0.524. The molecular formula is C14H10ClFO. The molecule has 0 radical (unpaired) electrons. The fourth-order valence-corrected chi connectivity index (χ4v) is 1.80.